The maximum atomic E-state index is 5.93. The summed E-state index contributed by atoms with van der Waals surface area (Å²) in [5.74, 6) is 1.83. The molecule has 2 aromatic heterocycles. The van der Waals surface area contributed by atoms with E-state index in [2.05, 4.69) is 28.4 Å². The van der Waals surface area contributed by atoms with Crippen LogP contribution in [0.5, 0.6) is 0 Å². The van der Waals surface area contributed by atoms with Crippen molar-refractivity contribution in [2.24, 2.45) is 5.92 Å². The van der Waals surface area contributed by atoms with Gasteiger partial charge in [0.05, 0.1) is 10.9 Å². The molecular weight excluding hydrogens is 257 g/mol. The van der Waals surface area contributed by atoms with Crippen molar-refractivity contribution in [1.29, 1.82) is 0 Å². The van der Waals surface area contributed by atoms with Crippen LogP contribution in [-0.4, -0.2) is 14.5 Å². The summed E-state index contributed by atoms with van der Waals surface area (Å²) in [7, 11) is 0. The van der Waals surface area contributed by atoms with Gasteiger partial charge in [-0.2, -0.15) is 0 Å². The van der Waals surface area contributed by atoms with Crippen molar-refractivity contribution in [3.63, 3.8) is 0 Å². The molecule has 0 N–H and O–H groups in total. The SMILES string of the molecule is CCC(C)Cn1c(CCl)nc2cc(Cl)cnc21. The molecular formula is C12H15Cl2N3. The number of fused-ring (bicyclic) bond motifs is 1. The number of halogens is 2. The van der Waals surface area contributed by atoms with Crippen LogP contribution in [0.3, 0.4) is 0 Å². The molecule has 2 aromatic rings. The number of nitrogens with zero attached hydrogens (tertiary/aromatic N) is 3. The number of imidazole rings is 1. The van der Waals surface area contributed by atoms with Crippen LogP contribution in [-0.2, 0) is 12.4 Å². The standard InChI is InChI=1S/C12H15Cl2N3/c1-3-8(2)7-17-11(5-13)16-10-4-9(14)6-15-12(10)17/h4,6,8H,3,5,7H2,1-2H3. The third kappa shape index (κ3) is 2.55. The largest absolute Gasteiger partial charge is 0.311 e. The first-order valence-corrected chi connectivity index (χ1v) is 6.63. The molecule has 0 amide bonds. The van der Waals surface area contributed by atoms with Crippen LogP contribution in [0, 0.1) is 5.92 Å². The second-order valence-electron chi connectivity index (χ2n) is 4.28. The number of pyridine rings is 1. The van der Waals surface area contributed by atoms with E-state index in [4.69, 9.17) is 23.2 Å². The summed E-state index contributed by atoms with van der Waals surface area (Å²) in [5.41, 5.74) is 1.68. The highest BCUT2D eigenvalue weighted by molar-refractivity contribution is 6.31. The lowest BCUT2D eigenvalue weighted by Gasteiger charge is -2.12. The smallest absolute Gasteiger partial charge is 0.160 e. The zero-order chi connectivity index (χ0) is 12.4. The molecule has 1 atom stereocenters. The van der Waals surface area contributed by atoms with E-state index in [1.165, 1.54) is 0 Å². The average molecular weight is 272 g/mol. The summed E-state index contributed by atoms with van der Waals surface area (Å²) < 4.78 is 2.09. The fourth-order valence-corrected chi connectivity index (χ4v) is 2.12. The average Bonchev–Trinajstić information content (AvgIpc) is 2.66. The van der Waals surface area contributed by atoms with Crippen LogP contribution in [0.15, 0.2) is 12.3 Å². The molecule has 0 aliphatic heterocycles. The molecule has 1 unspecified atom stereocenters. The highest BCUT2D eigenvalue weighted by Crippen LogP contribution is 2.20. The van der Waals surface area contributed by atoms with Crippen LogP contribution in [0.4, 0.5) is 0 Å². The van der Waals surface area contributed by atoms with Gasteiger partial charge >= 0.3 is 0 Å². The van der Waals surface area contributed by atoms with E-state index < -0.39 is 0 Å². The van der Waals surface area contributed by atoms with Crippen molar-refractivity contribution in [2.75, 3.05) is 0 Å². The van der Waals surface area contributed by atoms with E-state index in [1.54, 1.807) is 6.20 Å². The molecule has 0 spiro atoms. The van der Waals surface area contributed by atoms with Crippen molar-refractivity contribution in [1.82, 2.24) is 14.5 Å². The minimum atomic E-state index is 0.393. The Labute approximate surface area is 111 Å². The molecule has 0 aromatic carbocycles. The Morgan fingerprint density at radius 3 is 2.88 bits per heavy atom. The molecule has 92 valence electrons. The fourth-order valence-electron chi connectivity index (χ4n) is 1.77. The van der Waals surface area contributed by atoms with E-state index in [0.29, 0.717) is 16.8 Å². The number of hydrogen-bond donors (Lipinski definition) is 0. The molecule has 0 aliphatic carbocycles. The van der Waals surface area contributed by atoms with Crippen LogP contribution in [0.2, 0.25) is 5.02 Å². The molecule has 17 heavy (non-hydrogen) atoms. The van der Waals surface area contributed by atoms with Crippen LogP contribution < -0.4 is 0 Å². The maximum absolute atomic E-state index is 5.93. The first-order chi connectivity index (χ1) is 8.15. The third-order valence-corrected chi connectivity index (χ3v) is 3.39. The number of rotatable bonds is 4. The number of hydrogen-bond acceptors (Lipinski definition) is 2. The number of alkyl halides is 1. The van der Waals surface area contributed by atoms with Gasteiger partial charge in [0.1, 0.15) is 11.3 Å². The minimum absolute atomic E-state index is 0.393. The predicted octanol–water partition coefficient (Wildman–Crippen LogP) is 3.87. The Morgan fingerprint density at radius 2 is 2.24 bits per heavy atom. The molecule has 3 nitrogen and oxygen atoms in total. The van der Waals surface area contributed by atoms with Crippen LogP contribution in [0.25, 0.3) is 11.2 Å². The van der Waals surface area contributed by atoms with Crippen molar-refractivity contribution < 1.29 is 0 Å². The first kappa shape index (κ1) is 12.7. The quantitative estimate of drug-likeness (QED) is 0.791. The van der Waals surface area contributed by atoms with E-state index in [1.807, 2.05) is 6.07 Å². The molecule has 0 saturated heterocycles. The van der Waals surface area contributed by atoms with Gasteiger partial charge in [-0.25, -0.2) is 9.97 Å². The lowest BCUT2D eigenvalue weighted by Crippen LogP contribution is -2.10. The molecule has 5 heteroatoms. The zero-order valence-electron chi connectivity index (χ0n) is 9.95. The van der Waals surface area contributed by atoms with Gasteiger partial charge in [0, 0.05) is 12.7 Å². The molecule has 0 bridgehead atoms. The predicted molar refractivity (Wildman–Crippen MR) is 71.6 cm³/mol. The lowest BCUT2D eigenvalue weighted by atomic mass is 10.1. The Balaban J connectivity index is 2.50. The maximum Gasteiger partial charge on any atom is 0.160 e. The Morgan fingerprint density at radius 1 is 1.47 bits per heavy atom. The Kier molecular flexibility index (Phi) is 3.89. The number of aromatic nitrogens is 3. The summed E-state index contributed by atoms with van der Waals surface area (Å²) in [6, 6.07) is 1.83. The summed E-state index contributed by atoms with van der Waals surface area (Å²) in [5, 5.41) is 0.604. The van der Waals surface area contributed by atoms with Crippen molar-refractivity contribution in [3.05, 3.63) is 23.1 Å². The highest BCUT2D eigenvalue weighted by Gasteiger charge is 2.13. The summed E-state index contributed by atoms with van der Waals surface area (Å²) >= 11 is 11.8. The monoisotopic (exact) mass is 271 g/mol. The van der Waals surface area contributed by atoms with Gasteiger partial charge in [0.15, 0.2) is 5.65 Å². The third-order valence-electron chi connectivity index (χ3n) is 2.94. The Bertz CT molecular complexity index is 522. The van der Waals surface area contributed by atoms with Crippen molar-refractivity contribution in [3.8, 4) is 0 Å². The highest BCUT2D eigenvalue weighted by atomic mass is 35.5. The molecule has 0 saturated carbocycles. The second kappa shape index (κ2) is 5.23. The topological polar surface area (TPSA) is 30.7 Å². The lowest BCUT2D eigenvalue weighted by molar-refractivity contribution is 0.467. The van der Waals surface area contributed by atoms with Gasteiger partial charge in [-0.3, -0.25) is 0 Å². The molecule has 0 aliphatic rings. The molecule has 0 fully saturated rings. The van der Waals surface area contributed by atoms with Gasteiger partial charge in [-0.05, 0) is 12.0 Å². The van der Waals surface area contributed by atoms with Crippen LogP contribution >= 0.6 is 23.2 Å². The van der Waals surface area contributed by atoms with Gasteiger partial charge < -0.3 is 4.57 Å². The van der Waals surface area contributed by atoms with Gasteiger partial charge in [0.25, 0.3) is 0 Å². The van der Waals surface area contributed by atoms with E-state index >= 15 is 0 Å². The van der Waals surface area contributed by atoms with Crippen LogP contribution in [0.1, 0.15) is 26.1 Å². The zero-order valence-corrected chi connectivity index (χ0v) is 11.5. The summed E-state index contributed by atoms with van der Waals surface area (Å²) in [4.78, 5) is 8.81. The minimum Gasteiger partial charge on any atom is -0.311 e. The summed E-state index contributed by atoms with van der Waals surface area (Å²) in [6.45, 7) is 5.28. The first-order valence-electron chi connectivity index (χ1n) is 5.72. The molecule has 0 radical (unpaired) electrons. The van der Waals surface area contributed by atoms with E-state index in [0.717, 1.165) is 30.0 Å². The summed E-state index contributed by atoms with van der Waals surface area (Å²) in [6.07, 6.45) is 2.77. The van der Waals surface area contributed by atoms with Crippen molar-refractivity contribution in [2.45, 2.75) is 32.7 Å². The molecule has 2 heterocycles. The molecule has 2 rings (SSSR count). The van der Waals surface area contributed by atoms with E-state index in [9.17, 15) is 0 Å². The van der Waals surface area contributed by atoms with Gasteiger partial charge in [0.2, 0.25) is 0 Å². The van der Waals surface area contributed by atoms with Gasteiger partial charge in [-0.15, -0.1) is 11.6 Å². The van der Waals surface area contributed by atoms with Gasteiger partial charge in [-0.1, -0.05) is 31.9 Å². The van der Waals surface area contributed by atoms with E-state index in [-0.39, 0.29) is 0 Å². The Hall–Kier alpha value is -0.800. The normalized spacial score (nSPS) is 13.2. The van der Waals surface area contributed by atoms with Crippen molar-refractivity contribution >= 4 is 34.4 Å². The second-order valence-corrected chi connectivity index (χ2v) is 4.99. The fraction of sp³-hybridized carbons (Fsp3) is 0.500.